The van der Waals surface area contributed by atoms with Gasteiger partial charge < -0.3 is 10.1 Å². The summed E-state index contributed by atoms with van der Waals surface area (Å²) in [4.78, 5) is 0. The average molecular weight is 284 g/mol. The van der Waals surface area contributed by atoms with Crippen molar-refractivity contribution in [3.8, 4) is 5.75 Å². The fourth-order valence-electron chi connectivity index (χ4n) is 2.05. The lowest BCUT2D eigenvalue weighted by Gasteiger charge is -2.17. The highest BCUT2D eigenvalue weighted by molar-refractivity contribution is 6.32. The number of hydrogen-bond donors (Lipinski definition) is 1. The zero-order chi connectivity index (χ0) is 14.3. The molecule has 0 fully saturated rings. The number of benzene rings is 1. The van der Waals surface area contributed by atoms with Crippen molar-refractivity contribution < 1.29 is 4.74 Å². The second-order valence-corrected chi connectivity index (χ2v) is 5.59. The van der Waals surface area contributed by atoms with Gasteiger partial charge >= 0.3 is 0 Å². The minimum absolute atomic E-state index is 0.168. The van der Waals surface area contributed by atoms with Gasteiger partial charge in [0.25, 0.3) is 0 Å². The van der Waals surface area contributed by atoms with E-state index in [0.29, 0.717) is 0 Å². The molecule has 2 nitrogen and oxygen atoms in total. The molecule has 0 aliphatic rings. The highest BCUT2D eigenvalue weighted by atomic mass is 35.5. The molecule has 0 aromatic heterocycles. The quantitative estimate of drug-likeness (QED) is 0.709. The molecule has 1 rings (SSSR count). The highest BCUT2D eigenvalue weighted by Gasteiger charge is 2.07. The van der Waals surface area contributed by atoms with Gasteiger partial charge in [-0.2, -0.15) is 0 Å². The summed E-state index contributed by atoms with van der Waals surface area (Å²) in [6, 6.07) is 4.01. The number of halogens is 1. The molecule has 0 bridgehead atoms. The average Bonchev–Trinajstić information content (AvgIpc) is 2.35. The van der Waals surface area contributed by atoms with E-state index in [4.69, 9.17) is 16.3 Å². The predicted octanol–water partition coefficient (Wildman–Crippen LogP) is 4.50. The van der Waals surface area contributed by atoms with Gasteiger partial charge in [-0.1, -0.05) is 31.4 Å². The first-order valence-electron chi connectivity index (χ1n) is 7.18. The van der Waals surface area contributed by atoms with Crippen LogP contribution in [0.4, 0.5) is 0 Å². The molecule has 1 aromatic rings. The molecule has 3 heteroatoms. The number of aryl methyl sites for hydroxylation is 2. The van der Waals surface area contributed by atoms with E-state index in [1.165, 1.54) is 19.3 Å². The number of nitrogens with one attached hydrogen (secondary N) is 1. The molecule has 0 spiro atoms. The molecule has 1 aromatic carbocycles. The molecular formula is C16H26ClNO. The van der Waals surface area contributed by atoms with E-state index in [0.717, 1.165) is 35.0 Å². The molecule has 0 heterocycles. The number of ether oxygens (including phenoxy) is 1. The van der Waals surface area contributed by atoms with Gasteiger partial charge in [0.1, 0.15) is 11.9 Å². The minimum atomic E-state index is 0.168. The van der Waals surface area contributed by atoms with Crippen molar-refractivity contribution in [2.75, 3.05) is 13.1 Å². The molecule has 1 atom stereocenters. The molecule has 19 heavy (non-hydrogen) atoms. The summed E-state index contributed by atoms with van der Waals surface area (Å²) in [5, 5.41) is 4.26. The Morgan fingerprint density at radius 1 is 1.21 bits per heavy atom. The molecule has 1 unspecified atom stereocenters. The molecule has 0 saturated heterocycles. The Morgan fingerprint density at radius 3 is 2.42 bits per heavy atom. The van der Waals surface area contributed by atoms with Crippen LogP contribution in [-0.2, 0) is 0 Å². The minimum Gasteiger partial charge on any atom is -0.489 e. The van der Waals surface area contributed by atoms with Crippen LogP contribution < -0.4 is 10.1 Å². The van der Waals surface area contributed by atoms with Crippen LogP contribution in [0.2, 0.25) is 5.02 Å². The monoisotopic (exact) mass is 283 g/mol. The first kappa shape index (κ1) is 16.3. The van der Waals surface area contributed by atoms with Crippen LogP contribution in [0.25, 0.3) is 0 Å². The zero-order valence-corrected chi connectivity index (χ0v) is 13.3. The van der Waals surface area contributed by atoms with Crippen molar-refractivity contribution in [1.29, 1.82) is 0 Å². The van der Waals surface area contributed by atoms with Gasteiger partial charge in [-0.25, -0.2) is 0 Å². The lowest BCUT2D eigenvalue weighted by Crippen LogP contribution is -2.29. The fraction of sp³-hybridized carbons (Fsp3) is 0.625. The van der Waals surface area contributed by atoms with Crippen molar-refractivity contribution in [3.63, 3.8) is 0 Å². The van der Waals surface area contributed by atoms with E-state index in [2.05, 4.69) is 19.2 Å². The van der Waals surface area contributed by atoms with Gasteiger partial charge in [-0.15, -0.1) is 0 Å². The molecule has 108 valence electrons. The normalized spacial score (nSPS) is 12.5. The summed E-state index contributed by atoms with van der Waals surface area (Å²) in [6.07, 6.45) is 3.96. The maximum atomic E-state index is 6.15. The Hall–Kier alpha value is -0.730. The lowest BCUT2D eigenvalue weighted by molar-refractivity contribution is 0.217. The second kappa shape index (κ2) is 8.44. The summed E-state index contributed by atoms with van der Waals surface area (Å²) in [7, 11) is 0. The third-order valence-corrected chi connectivity index (χ3v) is 3.73. The lowest BCUT2D eigenvalue weighted by atomic mass is 10.1. The second-order valence-electron chi connectivity index (χ2n) is 5.21. The zero-order valence-electron chi connectivity index (χ0n) is 12.6. The van der Waals surface area contributed by atoms with E-state index in [1.807, 2.05) is 26.0 Å². The standard InChI is InChI=1S/C16H26ClNO/c1-5-6-7-8-18-11-14(4)19-15-9-12(2)16(17)13(3)10-15/h9-10,14,18H,5-8,11H2,1-4H3. The Kier molecular flexibility index (Phi) is 7.25. The predicted molar refractivity (Wildman–Crippen MR) is 83.4 cm³/mol. The number of unbranched alkanes of at least 4 members (excludes halogenated alkanes) is 2. The fourth-order valence-corrected chi connectivity index (χ4v) is 2.16. The van der Waals surface area contributed by atoms with Gasteiger partial charge in [0.2, 0.25) is 0 Å². The Labute approximate surface area is 122 Å². The van der Waals surface area contributed by atoms with E-state index in [-0.39, 0.29) is 6.10 Å². The highest BCUT2D eigenvalue weighted by Crippen LogP contribution is 2.26. The number of rotatable bonds is 8. The molecule has 0 aliphatic carbocycles. The summed E-state index contributed by atoms with van der Waals surface area (Å²) >= 11 is 6.15. The summed E-state index contributed by atoms with van der Waals surface area (Å²) in [5.74, 6) is 0.905. The first-order valence-corrected chi connectivity index (χ1v) is 7.56. The van der Waals surface area contributed by atoms with Crippen molar-refractivity contribution in [2.24, 2.45) is 0 Å². The van der Waals surface area contributed by atoms with E-state index in [1.54, 1.807) is 0 Å². The third kappa shape index (κ3) is 5.84. The maximum Gasteiger partial charge on any atom is 0.120 e. The smallest absolute Gasteiger partial charge is 0.120 e. The molecule has 1 N–H and O–H groups in total. The topological polar surface area (TPSA) is 21.3 Å². The summed E-state index contributed by atoms with van der Waals surface area (Å²) in [6.45, 7) is 10.3. The Morgan fingerprint density at radius 2 is 1.84 bits per heavy atom. The van der Waals surface area contributed by atoms with Crippen LogP contribution in [-0.4, -0.2) is 19.2 Å². The van der Waals surface area contributed by atoms with E-state index in [9.17, 15) is 0 Å². The molecule has 0 aliphatic heterocycles. The van der Waals surface area contributed by atoms with Crippen LogP contribution in [0.15, 0.2) is 12.1 Å². The molecular weight excluding hydrogens is 258 g/mol. The largest absolute Gasteiger partial charge is 0.489 e. The van der Waals surface area contributed by atoms with Gasteiger partial charge in [0.15, 0.2) is 0 Å². The van der Waals surface area contributed by atoms with Gasteiger partial charge in [-0.3, -0.25) is 0 Å². The van der Waals surface area contributed by atoms with Gasteiger partial charge in [-0.05, 0) is 57.0 Å². The van der Waals surface area contributed by atoms with E-state index >= 15 is 0 Å². The van der Waals surface area contributed by atoms with Crippen LogP contribution >= 0.6 is 11.6 Å². The van der Waals surface area contributed by atoms with E-state index < -0.39 is 0 Å². The van der Waals surface area contributed by atoms with Crippen molar-refractivity contribution in [2.45, 2.75) is 53.1 Å². The summed E-state index contributed by atoms with van der Waals surface area (Å²) in [5.41, 5.74) is 2.14. The Bertz CT molecular complexity index is 369. The maximum absolute atomic E-state index is 6.15. The molecule has 0 amide bonds. The van der Waals surface area contributed by atoms with Crippen LogP contribution in [0, 0.1) is 13.8 Å². The van der Waals surface area contributed by atoms with Crippen LogP contribution in [0.3, 0.4) is 0 Å². The Balaban J connectivity index is 2.38. The molecule has 0 radical (unpaired) electrons. The van der Waals surface area contributed by atoms with Crippen LogP contribution in [0.5, 0.6) is 5.75 Å². The van der Waals surface area contributed by atoms with Crippen molar-refractivity contribution >= 4 is 11.6 Å². The first-order chi connectivity index (χ1) is 9.04. The third-order valence-electron chi connectivity index (χ3n) is 3.14. The van der Waals surface area contributed by atoms with Crippen LogP contribution in [0.1, 0.15) is 44.2 Å². The van der Waals surface area contributed by atoms with Crippen molar-refractivity contribution in [1.82, 2.24) is 5.32 Å². The SMILES string of the molecule is CCCCCNCC(C)Oc1cc(C)c(Cl)c(C)c1. The van der Waals surface area contributed by atoms with Gasteiger partial charge in [0.05, 0.1) is 0 Å². The van der Waals surface area contributed by atoms with Gasteiger partial charge in [0, 0.05) is 11.6 Å². The molecule has 0 saturated carbocycles. The summed E-state index contributed by atoms with van der Waals surface area (Å²) < 4.78 is 5.92. The van der Waals surface area contributed by atoms with Crippen molar-refractivity contribution in [3.05, 3.63) is 28.3 Å². The number of hydrogen-bond acceptors (Lipinski definition) is 2.